The molecule has 1 aromatic carbocycles. The second-order valence-corrected chi connectivity index (χ2v) is 4.13. The van der Waals surface area contributed by atoms with Crippen LogP contribution in [0, 0.1) is 12.7 Å². The van der Waals surface area contributed by atoms with E-state index in [9.17, 15) is 14.0 Å². The average molecular weight is 273 g/mol. The minimum absolute atomic E-state index is 0.0273. The number of amides is 2. The first-order valence-corrected chi connectivity index (χ1v) is 5.84. The molecule has 102 valence electrons. The van der Waals surface area contributed by atoms with Crippen LogP contribution in [-0.2, 0) is 4.79 Å². The lowest BCUT2D eigenvalue weighted by Crippen LogP contribution is -2.15. The van der Waals surface area contributed by atoms with Crippen molar-refractivity contribution in [2.24, 2.45) is 0 Å². The second kappa shape index (κ2) is 5.92. The van der Waals surface area contributed by atoms with Crippen molar-refractivity contribution in [1.82, 2.24) is 4.98 Å². The Morgan fingerprint density at radius 3 is 2.75 bits per heavy atom. The van der Waals surface area contributed by atoms with E-state index in [-0.39, 0.29) is 11.3 Å². The third kappa shape index (κ3) is 3.17. The van der Waals surface area contributed by atoms with Gasteiger partial charge in [-0.15, -0.1) is 0 Å². The van der Waals surface area contributed by atoms with Crippen LogP contribution in [0.2, 0.25) is 0 Å². The highest BCUT2D eigenvalue weighted by molar-refractivity contribution is 6.08. The van der Waals surface area contributed by atoms with Gasteiger partial charge in [-0.2, -0.15) is 0 Å². The lowest BCUT2D eigenvalue weighted by Gasteiger charge is -2.09. The summed E-state index contributed by atoms with van der Waals surface area (Å²) in [7, 11) is 0. The Labute approximate surface area is 114 Å². The van der Waals surface area contributed by atoms with Crippen molar-refractivity contribution in [3.05, 3.63) is 53.5 Å². The Kier molecular flexibility index (Phi) is 4.05. The van der Waals surface area contributed by atoms with Crippen LogP contribution in [0.5, 0.6) is 0 Å². The molecule has 1 aromatic heterocycles. The minimum atomic E-state index is -0.566. The van der Waals surface area contributed by atoms with Gasteiger partial charge >= 0.3 is 0 Å². The summed E-state index contributed by atoms with van der Waals surface area (Å²) in [6.07, 6.45) is 2.03. The van der Waals surface area contributed by atoms with Crippen molar-refractivity contribution in [3.63, 3.8) is 0 Å². The zero-order chi connectivity index (χ0) is 14.5. The molecular weight excluding hydrogens is 261 g/mol. The van der Waals surface area contributed by atoms with Gasteiger partial charge < -0.3 is 10.6 Å². The number of hydrogen-bond donors (Lipinski definition) is 2. The maximum atomic E-state index is 13.2. The van der Waals surface area contributed by atoms with E-state index < -0.39 is 11.7 Å². The Morgan fingerprint density at radius 2 is 2.10 bits per heavy atom. The molecule has 2 rings (SSSR count). The number of carbonyl (C=O) groups is 2. The van der Waals surface area contributed by atoms with Crippen LogP contribution < -0.4 is 10.6 Å². The lowest BCUT2D eigenvalue weighted by atomic mass is 10.1. The highest BCUT2D eigenvalue weighted by atomic mass is 19.1. The van der Waals surface area contributed by atoms with Crippen LogP contribution in [0.3, 0.4) is 0 Å². The number of halogens is 1. The molecule has 0 aliphatic rings. The van der Waals surface area contributed by atoms with Crippen molar-refractivity contribution < 1.29 is 14.0 Å². The molecule has 5 nitrogen and oxygen atoms in total. The van der Waals surface area contributed by atoms with E-state index in [1.54, 1.807) is 18.3 Å². The molecule has 0 fully saturated rings. The number of hydrogen-bond acceptors (Lipinski definition) is 3. The molecule has 20 heavy (non-hydrogen) atoms. The summed E-state index contributed by atoms with van der Waals surface area (Å²) in [4.78, 5) is 26.6. The third-order valence-electron chi connectivity index (χ3n) is 2.59. The Morgan fingerprint density at radius 1 is 1.30 bits per heavy atom. The number of pyridine rings is 1. The largest absolute Gasteiger partial charge is 0.328 e. The zero-order valence-electron chi connectivity index (χ0n) is 10.7. The average Bonchev–Trinajstić information content (AvgIpc) is 2.43. The minimum Gasteiger partial charge on any atom is -0.328 e. The van der Waals surface area contributed by atoms with Gasteiger partial charge in [-0.1, -0.05) is 6.07 Å². The number of aryl methyl sites for hydroxylation is 1. The van der Waals surface area contributed by atoms with Gasteiger partial charge in [-0.3, -0.25) is 9.59 Å². The molecule has 0 saturated heterocycles. The summed E-state index contributed by atoms with van der Waals surface area (Å²) in [6.45, 7) is 1.87. The Balaban J connectivity index is 2.26. The molecule has 1 heterocycles. The number of anilines is 2. The standard InChI is InChI=1S/C14H12FN3O2/c1-9-2-5-13(16-7-9)18-14(20)11-6-10(15)3-4-12(11)17-8-19/h2-8H,1H3,(H,17,19)(H,16,18,20). The van der Waals surface area contributed by atoms with Gasteiger partial charge in [0, 0.05) is 6.20 Å². The SMILES string of the molecule is Cc1ccc(NC(=O)c2cc(F)ccc2NC=O)nc1. The van der Waals surface area contributed by atoms with E-state index >= 15 is 0 Å². The van der Waals surface area contributed by atoms with E-state index in [0.29, 0.717) is 12.2 Å². The molecule has 0 aliphatic carbocycles. The first-order chi connectivity index (χ1) is 9.60. The number of aromatic nitrogens is 1. The molecule has 6 heteroatoms. The van der Waals surface area contributed by atoms with Gasteiger partial charge in [0.25, 0.3) is 5.91 Å². The summed E-state index contributed by atoms with van der Waals surface area (Å²) >= 11 is 0. The van der Waals surface area contributed by atoms with Crippen molar-refractivity contribution in [1.29, 1.82) is 0 Å². The molecule has 0 saturated carbocycles. The molecule has 0 aliphatic heterocycles. The fourth-order valence-corrected chi connectivity index (χ4v) is 1.62. The number of carbonyl (C=O) groups excluding carboxylic acids is 2. The van der Waals surface area contributed by atoms with Crippen molar-refractivity contribution >= 4 is 23.8 Å². The van der Waals surface area contributed by atoms with E-state index in [2.05, 4.69) is 15.6 Å². The number of nitrogens with zero attached hydrogens (tertiary/aromatic N) is 1. The summed E-state index contributed by atoms with van der Waals surface area (Å²) < 4.78 is 13.2. The molecule has 0 radical (unpaired) electrons. The fraction of sp³-hybridized carbons (Fsp3) is 0.0714. The van der Waals surface area contributed by atoms with Crippen LogP contribution in [0.25, 0.3) is 0 Å². The van der Waals surface area contributed by atoms with Crippen LogP contribution in [-0.4, -0.2) is 17.3 Å². The molecule has 0 atom stereocenters. The lowest BCUT2D eigenvalue weighted by molar-refractivity contribution is -0.105. The molecule has 2 amide bonds. The fourth-order valence-electron chi connectivity index (χ4n) is 1.62. The third-order valence-corrected chi connectivity index (χ3v) is 2.59. The molecule has 2 aromatic rings. The van der Waals surface area contributed by atoms with Gasteiger partial charge in [-0.25, -0.2) is 9.37 Å². The van der Waals surface area contributed by atoms with Crippen LogP contribution in [0.4, 0.5) is 15.9 Å². The molecule has 0 unspecified atom stereocenters. The van der Waals surface area contributed by atoms with Gasteiger partial charge in [0.05, 0.1) is 11.3 Å². The highest BCUT2D eigenvalue weighted by Crippen LogP contribution is 2.18. The predicted octanol–water partition coefficient (Wildman–Crippen LogP) is 2.35. The van der Waals surface area contributed by atoms with E-state index in [1.165, 1.54) is 6.07 Å². The van der Waals surface area contributed by atoms with Crippen molar-refractivity contribution in [2.45, 2.75) is 6.92 Å². The summed E-state index contributed by atoms with van der Waals surface area (Å²) in [6, 6.07) is 6.96. The Bertz CT molecular complexity index is 641. The van der Waals surface area contributed by atoms with E-state index in [0.717, 1.165) is 17.7 Å². The second-order valence-electron chi connectivity index (χ2n) is 4.13. The Hall–Kier alpha value is -2.76. The van der Waals surface area contributed by atoms with Crippen molar-refractivity contribution in [2.75, 3.05) is 10.6 Å². The normalized spacial score (nSPS) is 9.90. The van der Waals surface area contributed by atoms with Crippen LogP contribution in [0.15, 0.2) is 36.5 Å². The number of nitrogens with one attached hydrogen (secondary N) is 2. The van der Waals surface area contributed by atoms with Gasteiger partial charge in [0.1, 0.15) is 11.6 Å². The smallest absolute Gasteiger partial charge is 0.259 e. The van der Waals surface area contributed by atoms with E-state index in [1.807, 2.05) is 6.92 Å². The van der Waals surface area contributed by atoms with Gasteiger partial charge in [-0.05, 0) is 36.8 Å². The molecule has 0 spiro atoms. The monoisotopic (exact) mass is 273 g/mol. The topological polar surface area (TPSA) is 71.1 Å². The quantitative estimate of drug-likeness (QED) is 0.840. The molecule has 0 bridgehead atoms. The van der Waals surface area contributed by atoms with Gasteiger partial charge in [0.15, 0.2) is 0 Å². The number of benzene rings is 1. The maximum Gasteiger partial charge on any atom is 0.259 e. The summed E-state index contributed by atoms with van der Waals surface area (Å²) in [5.41, 5.74) is 1.21. The number of rotatable bonds is 4. The van der Waals surface area contributed by atoms with E-state index in [4.69, 9.17) is 0 Å². The molecule has 2 N–H and O–H groups in total. The first-order valence-electron chi connectivity index (χ1n) is 5.84. The summed E-state index contributed by atoms with van der Waals surface area (Å²) in [5, 5.41) is 4.89. The predicted molar refractivity (Wildman–Crippen MR) is 73.0 cm³/mol. The molecular formula is C14H12FN3O2. The zero-order valence-corrected chi connectivity index (χ0v) is 10.7. The van der Waals surface area contributed by atoms with Gasteiger partial charge in [0.2, 0.25) is 6.41 Å². The first kappa shape index (κ1) is 13.7. The maximum absolute atomic E-state index is 13.2. The van der Waals surface area contributed by atoms with Crippen LogP contribution >= 0.6 is 0 Å². The van der Waals surface area contributed by atoms with Crippen molar-refractivity contribution in [3.8, 4) is 0 Å². The van der Waals surface area contributed by atoms with Crippen LogP contribution in [0.1, 0.15) is 15.9 Å². The summed E-state index contributed by atoms with van der Waals surface area (Å²) in [5.74, 6) is -0.768. The highest BCUT2D eigenvalue weighted by Gasteiger charge is 2.13.